The van der Waals surface area contributed by atoms with Crippen LogP contribution in [0.15, 0.2) is 0 Å². The maximum Gasteiger partial charge on any atom is 0.321 e. The van der Waals surface area contributed by atoms with E-state index in [1.807, 2.05) is 6.92 Å². The van der Waals surface area contributed by atoms with E-state index in [9.17, 15) is 9.00 Å². The lowest BCUT2D eigenvalue weighted by molar-refractivity contribution is -0.138. The maximum absolute atomic E-state index is 10.6. The van der Waals surface area contributed by atoms with Crippen molar-refractivity contribution in [1.29, 1.82) is 0 Å². The molecule has 0 aromatic heterocycles. The van der Waals surface area contributed by atoms with E-state index >= 15 is 0 Å². The molecule has 0 aromatic carbocycles. The van der Waals surface area contributed by atoms with Crippen LogP contribution in [0.3, 0.4) is 0 Å². The van der Waals surface area contributed by atoms with Crippen molar-refractivity contribution >= 4 is 17.2 Å². The molecule has 0 aliphatic heterocycles. The van der Waals surface area contributed by atoms with Crippen LogP contribution in [0.2, 0.25) is 0 Å². The second-order valence-electron chi connectivity index (χ2n) is 2.56. The van der Waals surface area contributed by atoms with Gasteiger partial charge in [0.15, 0.2) is 0 Å². The van der Waals surface area contributed by atoms with Gasteiger partial charge in [0.1, 0.15) is 6.04 Å². The predicted octanol–water partition coefficient (Wildman–Crippen LogP) is -0.753. The van der Waals surface area contributed by atoms with Gasteiger partial charge in [0.05, 0.1) is 0 Å². The van der Waals surface area contributed by atoms with Crippen LogP contribution in [0.4, 0.5) is 0 Å². The summed E-state index contributed by atoms with van der Waals surface area (Å²) in [5.74, 6) is -1.17. The SMILES string of the molecule is CCCN(C[C@H](N)C(=O)O)S(=O)O. The van der Waals surface area contributed by atoms with Crippen LogP contribution in [-0.2, 0) is 16.1 Å². The Labute approximate surface area is 79.1 Å². The fourth-order valence-electron chi connectivity index (χ4n) is 0.780. The molecule has 0 fully saturated rings. The lowest BCUT2D eigenvalue weighted by atomic mass is 10.3. The van der Waals surface area contributed by atoms with Gasteiger partial charge < -0.3 is 10.8 Å². The van der Waals surface area contributed by atoms with Crippen molar-refractivity contribution in [2.45, 2.75) is 19.4 Å². The summed E-state index contributed by atoms with van der Waals surface area (Å²) in [6.07, 6.45) is 0.665. The van der Waals surface area contributed by atoms with E-state index in [0.29, 0.717) is 13.0 Å². The summed E-state index contributed by atoms with van der Waals surface area (Å²) in [7, 11) is 0. The predicted molar refractivity (Wildman–Crippen MR) is 48.2 cm³/mol. The standard InChI is InChI=1S/C6H14N2O4S/c1-2-3-8(13(11)12)4-5(7)6(9)10/h5H,2-4,7H2,1H3,(H,9,10)(H,11,12)/t5-/m0/s1. The first-order valence-corrected chi connectivity index (χ1v) is 4.89. The third kappa shape index (κ3) is 4.94. The molecule has 0 aliphatic carbocycles. The minimum absolute atomic E-state index is 0.119. The first-order chi connectivity index (χ1) is 5.99. The molecule has 1 unspecified atom stereocenters. The first-order valence-electron chi connectivity index (χ1n) is 3.83. The highest BCUT2D eigenvalue weighted by Gasteiger charge is 2.19. The summed E-state index contributed by atoms with van der Waals surface area (Å²) in [5.41, 5.74) is 5.20. The number of carboxylic acid groups (broad SMARTS) is 1. The second-order valence-corrected chi connectivity index (χ2v) is 3.54. The smallest absolute Gasteiger partial charge is 0.321 e. The van der Waals surface area contributed by atoms with Gasteiger partial charge in [-0.15, -0.1) is 0 Å². The molecule has 0 amide bonds. The Morgan fingerprint density at radius 2 is 2.23 bits per heavy atom. The van der Waals surface area contributed by atoms with Crippen molar-refractivity contribution < 1.29 is 18.7 Å². The van der Waals surface area contributed by atoms with E-state index in [2.05, 4.69) is 0 Å². The Kier molecular flexibility index (Phi) is 5.80. The number of aliphatic carboxylic acids is 1. The number of carbonyl (C=O) groups is 1. The number of nitrogens with zero attached hydrogens (tertiary/aromatic N) is 1. The summed E-state index contributed by atoms with van der Waals surface area (Å²) < 4.78 is 20.5. The van der Waals surface area contributed by atoms with E-state index in [4.69, 9.17) is 15.4 Å². The van der Waals surface area contributed by atoms with Crippen LogP contribution >= 0.6 is 0 Å². The van der Waals surface area contributed by atoms with Gasteiger partial charge >= 0.3 is 5.97 Å². The van der Waals surface area contributed by atoms with Crippen LogP contribution in [-0.4, -0.2) is 43.3 Å². The molecule has 0 saturated carbocycles. The highest BCUT2D eigenvalue weighted by molar-refractivity contribution is 7.76. The minimum atomic E-state index is -2.15. The Balaban J connectivity index is 4.09. The normalized spacial score (nSPS) is 15.7. The molecule has 0 aromatic rings. The summed E-state index contributed by atoms with van der Waals surface area (Å²) >= 11 is -2.15. The van der Waals surface area contributed by atoms with Gasteiger partial charge in [0, 0.05) is 13.1 Å². The van der Waals surface area contributed by atoms with E-state index < -0.39 is 23.3 Å². The van der Waals surface area contributed by atoms with Gasteiger partial charge in [-0.05, 0) is 6.42 Å². The molecule has 0 aliphatic rings. The number of hydrogen-bond donors (Lipinski definition) is 3. The van der Waals surface area contributed by atoms with Crippen LogP contribution in [0, 0.1) is 0 Å². The fourth-order valence-corrected chi connectivity index (χ4v) is 1.41. The second kappa shape index (κ2) is 6.03. The highest BCUT2D eigenvalue weighted by atomic mass is 32.2. The minimum Gasteiger partial charge on any atom is -0.480 e. The van der Waals surface area contributed by atoms with E-state index in [1.54, 1.807) is 0 Å². The monoisotopic (exact) mass is 210 g/mol. The third-order valence-corrected chi connectivity index (χ3v) is 2.18. The van der Waals surface area contributed by atoms with E-state index in [-0.39, 0.29) is 6.54 Å². The number of rotatable bonds is 6. The lowest BCUT2D eigenvalue weighted by Gasteiger charge is -2.18. The molecule has 0 spiro atoms. The zero-order chi connectivity index (χ0) is 10.4. The first kappa shape index (κ1) is 12.5. The van der Waals surface area contributed by atoms with Gasteiger partial charge in [-0.25, -0.2) is 4.21 Å². The van der Waals surface area contributed by atoms with Crippen LogP contribution in [0.5, 0.6) is 0 Å². The van der Waals surface area contributed by atoms with Crippen molar-refractivity contribution in [3.63, 3.8) is 0 Å². The summed E-state index contributed by atoms with van der Waals surface area (Å²) in [6, 6.07) is -1.12. The zero-order valence-corrected chi connectivity index (χ0v) is 8.16. The maximum atomic E-state index is 10.6. The van der Waals surface area contributed by atoms with Crippen LogP contribution in [0.1, 0.15) is 13.3 Å². The third-order valence-electron chi connectivity index (χ3n) is 1.41. The summed E-state index contributed by atoms with van der Waals surface area (Å²) in [6.45, 7) is 2.06. The molecule has 6 nitrogen and oxygen atoms in total. The van der Waals surface area contributed by atoms with Gasteiger partial charge in [0.25, 0.3) is 0 Å². The average Bonchev–Trinajstić information content (AvgIpc) is 2.03. The molecule has 0 heterocycles. The van der Waals surface area contributed by atoms with Gasteiger partial charge in [-0.3, -0.25) is 9.35 Å². The number of carboxylic acids is 1. The van der Waals surface area contributed by atoms with E-state index in [1.165, 1.54) is 0 Å². The van der Waals surface area contributed by atoms with Crippen molar-refractivity contribution in [2.75, 3.05) is 13.1 Å². The Morgan fingerprint density at radius 1 is 1.69 bits per heavy atom. The molecule has 78 valence electrons. The Bertz CT molecular complexity index is 199. The summed E-state index contributed by atoms with van der Waals surface area (Å²) in [4.78, 5) is 10.3. The van der Waals surface area contributed by atoms with Crippen LogP contribution < -0.4 is 5.73 Å². The number of hydrogen-bond acceptors (Lipinski definition) is 3. The topological polar surface area (TPSA) is 104 Å². The van der Waals surface area contributed by atoms with Gasteiger partial charge in [-0.1, -0.05) is 6.92 Å². The van der Waals surface area contributed by atoms with E-state index in [0.717, 1.165) is 4.31 Å². The van der Waals surface area contributed by atoms with Crippen molar-refractivity contribution in [3.05, 3.63) is 0 Å². The molecular weight excluding hydrogens is 196 g/mol. The highest BCUT2D eigenvalue weighted by Crippen LogP contribution is 1.96. The Hall–Kier alpha value is -0.500. The van der Waals surface area contributed by atoms with Gasteiger partial charge in [0.2, 0.25) is 11.3 Å². The molecule has 0 radical (unpaired) electrons. The molecule has 0 bridgehead atoms. The molecular formula is C6H14N2O4S. The van der Waals surface area contributed by atoms with Crippen LogP contribution in [0.25, 0.3) is 0 Å². The largest absolute Gasteiger partial charge is 0.480 e. The average molecular weight is 210 g/mol. The fraction of sp³-hybridized carbons (Fsp3) is 0.833. The molecule has 13 heavy (non-hydrogen) atoms. The van der Waals surface area contributed by atoms with Crippen molar-refractivity contribution in [3.8, 4) is 0 Å². The number of nitrogens with two attached hydrogens (primary N) is 1. The molecule has 7 heteroatoms. The lowest BCUT2D eigenvalue weighted by Crippen LogP contribution is -2.43. The molecule has 0 rings (SSSR count). The molecule has 2 atom stereocenters. The summed E-state index contributed by atoms with van der Waals surface area (Å²) in [5, 5.41) is 8.45. The van der Waals surface area contributed by atoms with Gasteiger partial charge in [-0.2, -0.15) is 4.31 Å². The Morgan fingerprint density at radius 3 is 2.54 bits per heavy atom. The molecule has 4 N–H and O–H groups in total. The van der Waals surface area contributed by atoms with Crippen molar-refractivity contribution in [1.82, 2.24) is 4.31 Å². The van der Waals surface area contributed by atoms with Crippen molar-refractivity contribution in [2.24, 2.45) is 5.73 Å². The zero-order valence-electron chi connectivity index (χ0n) is 7.34. The quantitative estimate of drug-likeness (QED) is 0.500. The molecule has 0 saturated heterocycles.